The number of hydrogen-bond acceptors (Lipinski definition) is 6. The average Bonchev–Trinajstić information content (AvgIpc) is 3.37. The van der Waals surface area contributed by atoms with Crippen LogP contribution in [0.1, 0.15) is 21.6 Å². The van der Waals surface area contributed by atoms with Gasteiger partial charge in [-0.3, -0.25) is 9.59 Å². The summed E-state index contributed by atoms with van der Waals surface area (Å²) in [6.45, 7) is 1.66. The Hall–Kier alpha value is -3.85. The topological polar surface area (TPSA) is 107 Å². The van der Waals surface area contributed by atoms with E-state index in [0.29, 0.717) is 33.5 Å². The molecule has 0 atom stereocenters. The molecule has 0 bridgehead atoms. The predicted molar refractivity (Wildman–Crippen MR) is 114 cm³/mol. The standard InChI is InChI=1S/C21H18ClN5O4/c1-13-16(20(22)27(26-13)15-5-3-2-4-6-15)10-24-25-19(28)11-23-21(29)14-7-8-17-18(9-14)31-12-30-17/h2-10H,11-12H2,1H3,(H,23,29)(H,25,28). The first kappa shape index (κ1) is 20.4. The lowest BCUT2D eigenvalue weighted by atomic mass is 10.2. The molecule has 31 heavy (non-hydrogen) atoms. The lowest BCUT2D eigenvalue weighted by Gasteiger charge is -2.05. The highest BCUT2D eigenvalue weighted by atomic mass is 35.5. The average molecular weight is 440 g/mol. The number of ether oxygens (including phenoxy) is 2. The quantitative estimate of drug-likeness (QED) is 0.453. The number of benzene rings is 2. The Kier molecular flexibility index (Phi) is 5.85. The number of aryl methyl sites for hydroxylation is 1. The van der Waals surface area contributed by atoms with Gasteiger partial charge in [0.1, 0.15) is 5.15 Å². The Morgan fingerprint density at radius 3 is 2.77 bits per heavy atom. The van der Waals surface area contributed by atoms with E-state index in [0.717, 1.165) is 5.69 Å². The molecule has 4 rings (SSSR count). The zero-order valence-corrected chi connectivity index (χ0v) is 17.2. The van der Waals surface area contributed by atoms with Crippen LogP contribution in [0.25, 0.3) is 5.69 Å². The van der Waals surface area contributed by atoms with Crippen LogP contribution in [0.4, 0.5) is 0 Å². The van der Waals surface area contributed by atoms with Gasteiger partial charge in [0, 0.05) is 5.56 Å². The zero-order chi connectivity index (χ0) is 21.8. The second-order valence-corrected chi connectivity index (χ2v) is 6.94. The molecule has 10 heteroatoms. The molecule has 2 heterocycles. The highest BCUT2D eigenvalue weighted by molar-refractivity contribution is 6.32. The van der Waals surface area contributed by atoms with Crippen LogP contribution < -0.4 is 20.2 Å². The predicted octanol–water partition coefficient (Wildman–Crippen LogP) is 2.44. The first-order valence-electron chi connectivity index (χ1n) is 9.33. The molecule has 1 aliphatic heterocycles. The highest BCUT2D eigenvalue weighted by Gasteiger charge is 2.17. The number of aromatic nitrogens is 2. The van der Waals surface area contributed by atoms with Crippen molar-refractivity contribution < 1.29 is 19.1 Å². The molecule has 0 aliphatic carbocycles. The van der Waals surface area contributed by atoms with E-state index in [4.69, 9.17) is 21.1 Å². The molecule has 0 radical (unpaired) electrons. The summed E-state index contributed by atoms with van der Waals surface area (Å²) in [6, 6.07) is 14.2. The normalized spacial score (nSPS) is 12.2. The van der Waals surface area contributed by atoms with Crippen LogP contribution in [0.3, 0.4) is 0 Å². The minimum atomic E-state index is -0.491. The maximum absolute atomic E-state index is 12.2. The molecular formula is C21H18ClN5O4. The van der Waals surface area contributed by atoms with Crippen molar-refractivity contribution in [3.8, 4) is 17.2 Å². The number of hydrogen-bond donors (Lipinski definition) is 2. The lowest BCUT2D eigenvalue weighted by Crippen LogP contribution is -2.34. The maximum Gasteiger partial charge on any atom is 0.259 e. The summed E-state index contributed by atoms with van der Waals surface area (Å²) in [4.78, 5) is 24.2. The Labute approximate surface area is 182 Å². The van der Waals surface area contributed by atoms with Crippen LogP contribution in [0.2, 0.25) is 5.15 Å². The fraction of sp³-hybridized carbons (Fsp3) is 0.143. The van der Waals surface area contributed by atoms with Crippen LogP contribution in [0, 0.1) is 6.92 Å². The number of rotatable bonds is 6. The van der Waals surface area contributed by atoms with Crippen molar-refractivity contribution in [2.75, 3.05) is 13.3 Å². The second kappa shape index (κ2) is 8.88. The zero-order valence-electron chi connectivity index (χ0n) is 16.5. The molecule has 1 aliphatic rings. The van der Waals surface area contributed by atoms with Crippen LogP contribution >= 0.6 is 11.6 Å². The van der Waals surface area contributed by atoms with Crippen LogP contribution in [0.15, 0.2) is 53.6 Å². The fourth-order valence-corrected chi connectivity index (χ4v) is 3.23. The largest absolute Gasteiger partial charge is 0.454 e. The lowest BCUT2D eigenvalue weighted by molar-refractivity contribution is -0.120. The van der Waals surface area contributed by atoms with Gasteiger partial charge in [-0.2, -0.15) is 10.2 Å². The number of amides is 2. The van der Waals surface area contributed by atoms with Crippen molar-refractivity contribution in [3.63, 3.8) is 0 Å². The van der Waals surface area contributed by atoms with E-state index in [1.807, 2.05) is 30.3 Å². The van der Waals surface area contributed by atoms with E-state index in [9.17, 15) is 9.59 Å². The molecule has 158 valence electrons. The number of carbonyl (C=O) groups is 2. The SMILES string of the molecule is Cc1nn(-c2ccccc2)c(Cl)c1C=NNC(=O)CNC(=O)c1ccc2c(c1)OCO2. The van der Waals surface area contributed by atoms with Crippen molar-refractivity contribution in [2.45, 2.75) is 6.92 Å². The van der Waals surface area contributed by atoms with Crippen LogP contribution in [-0.4, -0.2) is 41.1 Å². The van der Waals surface area contributed by atoms with Gasteiger partial charge in [-0.15, -0.1) is 0 Å². The van der Waals surface area contributed by atoms with Gasteiger partial charge in [0.25, 0.3) is 11.8 Å². The first-order valence-corrected chi connectivity index (χ1v) is 9.71. The van der Waals surface area contributed by atoms with E-state index in [1.54, 1.807) is 29.8 Å². The molecule has 3 aromatic rings. The van der Waals surface area contributed by atoms with Crippen LogP contribution in [-0.2, 0) is 4.79 Å². The third-order valence-electron chi connectivity index (χ3n) is 4.48. The summed E-state index contributed by atoms with van der Waals surface area (Å²) < 4.78 is 12.0. The summed E-state index contributed by atoms with van der Waals surface area (Å²) in [7, 11) is 0. The molecule has 2 aromatic carbocycles. The van der Waals surface area contributed by atoms with Gasteiger partial charge >= 0.3 is 0 Å². The number of fused-ring (bicyclic) bond motifs is 1. The van der Waals surface area contributed by atoms with E-state index in [1.165, 1.54) is 6.21 Å². The summed E-state index contributed by atoms with van der Waals surface area (Å²) in [5, 5.41) is 11.2. The third kappa shape index (κ3) is 4.51. The Morgan fingerprint density at radius 1 is 1.19 bits per heavy atom. The minimum absolute atomic E-state index is 0.120. The number of carbonyl (C=O) groups excluding carboxylic acids is 2. The van der Waals surface area contributed by atoms with Gasteiger partial charge in [0.15, 0.2) is 11.5 Å². The molecule has 1 aromatic heterocycles. The summed E-state index contributed by atoms with van der Waals surface area (Å²) in [5.41, 5.74) is 4.76. The number of hydrazone groups is 1. The molecule has 0 unspecified atom stereocenters. The van der Waals surface area contributed by atoms with Crippen molar-refractivity contribution in [1.82, 2.24) is 20.5 Å². The van der Waals surface area contributed by atoms with Gasteiger partial charge in [0.05, 0.1) is 29.7 Å². The highest BCUT2D eigenvalue weighted by Crippen LogP contribution is 2.32. The summed E-state index contributed by atoms with van der Waals surface area (Å²) >= 11 is 6.41. The van der Waals surface area contributed by atoms with Crippen molar-refractivity contribution in [3.05, 3.63) is 70.5 Å². The first-order chi connectivity index (χ1) is 15.0. The maximum atomic E-state index is 12.2. The molecule has 0 saturated heterocycles. The molecule has 0 fully saturated rings. The molecule has 0 saturated carbocycles. The number of para-hydroxylation sites is 1. The second-order valence-electron chi connectivity index (χ2n) is 6.58. The fourth-order valence-electron chi connectivity index (χ4n) is 2.91. The van der Waals surface area contributed by atoms with Crippen molar-refractivity contribution >= 4 is 29.6 Å². The van der Waals surface area contributed by atoms with E-state index >= 15 is 0 Å². The number of nitrogens with zero attached hydrogens (tertiary/aromatic N) is 3. The third-order valence-corrected chi connectivity index (χ3v) is 4.84. The smallest absolute Gasteiger partial charge is 0.259 e. The van der Waals surface area contributed by atoms with Gasteiger partial charge in [-0.25, -0.2) is 10.1 Å². The molecule has 9 nitrogen and oxygen atoms in total. The summed E-state index contributed by atoms with van der Waals surface area (Å²) in [6.07, 6.45) is 1.42. The minimum Gasteiger partial charge on any atom is -0.454 e. The van der Waals surface area contributed by atoms with Gasteiger partial charge in [-0.1, -0.05) is 29.8 Å². The van der Waals surface area contributed by atoms with Crippen molar-refractivity contribution in [1.29, 1.82) is 0 Å². The number of halogens is 1. The van der Waals surface area contributed by atoms with E-state index in [2.05, 4.69) is 20.9 Å². The van der Waals surface area contributed by atoms with Gasteiger partial charge in [-0.05, 0) is 37.3 Å². The Balaban J connectivity index is 1.33. The van der Waals surface area contributed by atoms with Gasteiger partial charge < -0.3 is 14.8 Å². The number of nitrogens with one attached hydrogen (secondary N) is 2. The van der Waals surface area contributed by atoms with E-state index < -0.39 is 11.8 Å². The van der Waals surface area contributed by atoms with E-state index in [-0.39, 0.29) is 13.3 Å². The van der Waals surface area contributed by atoms with Crippen molar-refractivity contribution in [2.24, 2.45) is 5.10 Å². The Morgan fingerprint density at radius 2 is 1.97 bits per heavy atom. The molecular weight excluding hydrogens is 422 g/mol. The molecule has 2 N–H and O–H groups in total. The summed E-state index contributed by atoms with van der Waals surface area (Å²) in [5.74, 6) is 0.160. The Bertz CT molecular complexity index is 1160. The monoisotopic (exact) mass is 439 g/mol. The van der Waals surface area contributed by atoms with Gasteiger partial charge in [0.2, 0.25) is 6.79 Å². The van der Waals surface area contributed by atoms with Crippen LogP contribution in [0.5, 0.6) is 11.5 Å². The molecule has 0 spiro atoms. The molecule has 2 amide bonds.